The van der Waals surface area contributed by atoms with Crippen LogP contribution in [0.5, 0.6) is 5.75 Å². The molecule has 2 aromatic carbocycles. The first-order valence-electron chi connectivity index (χ1n) is 13.3. The Labute approximate surface area is 198 Å². The van der Waals surface area contributed by atoms with Gasteiger partial charge in [0.05, 0.1) is 5.39 Å². The highest BCUT2D eigenvalue weighted by Gasteiger charge is 2.36. The summed E-state index contributed by atoms with van der Waals surface area (Å²) in [5, 5.41) is 0.688. The standard InChI is InChI=1S/C30H40F2O/c1-3-5-7-8-9-21-10-11-23-18-24(13-12-22(23)17-21)27-15-14-25-19-26(33-16-6-4-2)20-28(31)29(25)30(27)32/h4,6,14-15,19-24H,3,5,7-13,16-18H2,1-2H3/b6-4+/t21?,22-,23?,24-/m1/s1. The van der Waals surface area contributed by atoms with Crippen molar-refractivity contribution < 1.29 is 13.5 Å². The second kappa shape index (κ2) is 11.5. The van der Waals surface area contributed by atoms with Crippen molar-refractivity contribution in [1.29, 1.82) is 0 Å². The third-order valence-corrected chi connectivity index (χ3v) is 8.22. The Morgan fingerprint density at radius 2 is 1.79 bits per heavy atom. The van der Waals surface area contributed by atoms with Crippen LogP contribution in [-0.4, -0.2) is 6.61 Å². The first kappa shape index (κ1) is 24.2. The van der Waals surface area contributed by atoms with Crippen LogP contribution < -0.4 is 4.74 Å². The molecule has 3 heteroatoms. The van der Waals surface area contributed by atoms with Crippen LogP contribution in [0, 0.1) is 29.4 Å². The summed E-state index contributed by atoms with van der Waals surface area (Å²) in [7, 11) is 0. The zero-order chi connectivity index (χ0) is 23.2. The van der Waals surface area contributed by atoms with Gasteiger partial charge < -0.3 is 4.74 Å². The summed E-state index contributed by atoms with van der Waals surface area (Å²) in [6, 6.07) is 6.83. The van der Waals surface area contributed by atoms with Crippen LogP contribution in [0.3, 0.4) is 0 Å². The Morgan fingerprint density at radius 1 is 0.970 bits per heavy atom. The highest BCUT2D eigenvalue weighted by Crippen LogP contribution is 2.49. The molecule has 4 rings (SSSR count). The zero-order valence-electron chi connectivity index (χ0n) is 20.4. The lowest BCUT2D eigenvalue weighted by Crippen LogP contribution is -2.30. The number of allylic oxidation sites excluding steroid dienone is 1. The summed E-state index contributed by atoms with van der Waals surface area (Å²) in [4.78, 5) is 0. The predicted molar refractivity (Wildman–Crippen MR) is 134 cm³/mol. The molecule has 0 amide bonds. The van der Waals surface area contributed by atoms with Crippen LogP contribution in [0.4, 0.5) is 8.78 Å². The van der Waals surface area contributed by atoms with Gasteiger partial charge in [0.15, 0.2) is 0 Å². The lowest BCUT2D eigenvalue weighted by molar-refractivity contribution is 0.112. The van der Waals surface area contributed by atoms with Crippen LogP contribution in [-0.2, 0) is 0 Å². The first-order valence-corrected chi connectivity index (χ1v) is 13.3. The maximum absolute atomic E-state index is 15.5. The van der Waals surface area contributed by atoms with E-state index in [0.717, 1.165) is 24.7 Å². The predicted octanol–water partition coefficient (Wildman–Crippen LogP) is 9.34. The van der Waals surface area contributed by atoms with Crippen molar-refractivity contribution >= 4 is 10.8 Å². The molecule has 2 aliphatic carbocycles. The maximum atomic E-state index is 15.5. The van der Waals surface area contributed by atoms with Crippen LogP contribution in [0.1, 0.15) is 96.0 Å². The van der Waals surface area contributed by atoms with Crippen LogP contribution in [0.15, 0.2) is 36.4 Å². The molecular formula is C30H40F2O. The summed E-state index contributed by atoms with van der Waals surface area (Å²) < 4.78 is 36.0. The first-order chi connectivity index (χ1) is 16.1. The topological polar surface area (TPSA) is 9.23 Å². The third kappa shape index (κ3) is 5.78. The van der Waals surface area contributed by atoms with Gasteiger partial charge in [-0.15, -0.1) is 0 Å². The fourth-order valence-corrected chi connectivity index (χ4v) is 6.39. The molecule has 0 spiro atoms. The van der Waals surface area contributed by atoms with E-state index in [4.69, 9.17) is 4.74 Å². The number of halogens is 2. The molecule has 0 aliphatic heterocycles. The quantitative estimate of drug-likeness (QED) is 0.271. The second-order valence-corrected chi connectivity index (χ2v) is 10.4. The number of ether oxygens (including phenoxy) is 1. The van der Waals surface area contributed by atoms with Crippen molar-refractivity contribution in [3.8, 4) is 5.75 Å². The molecule has 180 valence electrons. The molecule has 0 aromatic heterocycles. The molecule has 0 heterocycles. The number of hydrogen-bond acceptors (Lipinski definition) is 1. The molecule has 4 atom stereocenters. The third-order valence-electron chi connectivity index (χ3n) is 8.22. The number of fused-ring (bicyclic) bond motifs is 2. The minimum Gasteiger partial charge on any atom is -0.489 e. The Hall–Kier alpha value is -1.90. The molecule has 0 saturated heterocycles. The maximum Gasteiger partial charge on any atom is 0.137 e. The van der Waals surface area contributed by atoms with E-state index in [-0.39, 0.29) is 17.1 Å². The molecule has 33 heavy (non-hydrogen) atoms. The van der Waals surface area contributed by atoms with Gasteiger partial charge >= 0.3 is 0 Å². The van der Waals surface area contributed by atoms with E-state index in [2.05, 4.69) is 6.92 Å². The molecule has 2 aliphatic rings. The second-order valence-electron chi connectivity index (χ2n) is 10.4. The van der Waals surface area contributed by atoms with E-state index in [0.29, 0.717) is 29.2 Å². The number of rotatable bonds is 9. The molecule has 0 bridgehead atoms. The van der Waals surface area contributed by atoms with Crippen molar-refractivity contribution in [2.45, 2.75) is 90.4 Å². The van der Waals surface area contributed by atoms with Crippen molar-refractivity contribution in [3.63, 3.8) is 0 Å². The van der Waals surface area contributed by atoms with Gasteiger partial charge in [-0.3, -0.25) is 0 Å². The molecule has 2 saturated carbocycles. The number of benzene rings is 2. The molecule has 2 unspecified atom stereocenters. The highest BCUT2D eigenvalue weighted by atomic mass is 19.1. The van der Waals surface area contributed by atoms with E-state index in [1.807, 2.05) is 31.2 Å². The van der Waals surface area contributed by atoms with E-state index in [1.165, 1.54) is 63.9 Å². The highest BCUT2D eigenvalue weighted by molar-refractivity contribution is 5.86. The van der Waals surface area contributed by atoms with Gasteiger partial charge in [-0.1, -0.05) is 69.7 Å². The Bertz CT molecular complexity index is 950. The van der Waals surface area contributed by atoms with Crippen molar-refractivity contribution in [2.24, 2.45) is 17.8 Å². The summed E-state index contributed by atoms with van der Waals surface area (Å²) in [5.41, 5.74) is 0.712. The molecule has 2 fully saturated rings. The van der Waals surface area contributed by atoms with Crippen molar-refractivity contribution in [2.75, 3.05) is 6.61 Å². The normalized spacial score (nSPS) is 25.5. The van der Waals surface area contributed by atoms with Crippen molar-refractivity contribution in [3.05, 3.63) is 53.6 Å². The van der Waals surface area contributed by atoms with Gasteiger partial charge in [0.1, 0.15) is 24.0 Å². The van der Waals surface area contributed by atoms with Crippen LogP contribution in [0.2, 0.25) is 0 Å². The van der Waals surface area contributed by atoms with E-state index >= 15 is 4.39 Å². The van der Waals surface area contributed by atoms with Gasteiger partial charge in [-0.2, -0.15) is 0 Å². The molecule has 0 radical (unpaired) electrons. The average molecular weight is 455 g/mol. The summed E-state index contributed by atoms with van der Waals surface area (Å²) in [5.74, 6) is 2.17. The monoisotopic (exact) mass is 454 g/mol. The molecular weight excluding hydrogens is 414 g/mol. The lowest BCUT2D eigenvalue weighted by atomic mass is 9.63. The molecule has 1 nitrogen and oxygen atoms in total. The zero-order valence-corrected chi connectivity index (χ0v) is 20.4. The Morgan fingerprint density at radius 3 is 2.61 bits per heavy atom. The fourth-order valence-electron chi connectivity index (χ4n) is 6.39. The largest absolute Gasteiger partial charge is 0.489 e. The molecule has 2 aromatic rings. The Balaban J connectivity index is 1.42. The smallest absolute Gasteiger partial charge is 0.137 e. The van der Waals surface area contributed by atoms with E-state index in [9.17, 15) is 4.39 Å². The van der Waals surface area contributed by atoms with Gasteiger partial charge in [0.25, 0.3) is 0 Å². The lowest BCUT2D eigenvalue weighted by Gasteiger charge is -2.42. The average Bonchev–Trinajstić information content (AvgIpc) is 2.82. The molecule has 0 N–H and O–H groups in total. The fraction of sp³-hybridized carbons (Fsp3) is 0.600. The summed E-state index contributed by atoms with van der Waals surface area (Å²) in [6.07, 6.45) is 17.8. The summed E-state index contributed by atoms with van der Waals surface area (Å²) in [6.45, 7) is 4.57. The minimum atomic E-state index is -0.528. The minimum absolute atomic E-state index is 0.115. The Kier molecular flexibility index (Phi) is 8.44. The van der Waals surface area contributed by atoms with Gasteiger partial charge in [-0.05, 0) is 79.7 Å². The van der Waals surface area contributed by atoms with Gasteiger partial charge in [-0.25, -0.2) is 8.78 Å². The number of unbranched alkanes of at least 4 members (excludes halogenated alkanes) is 3. The van der Waals surface area contributed by atoms with Crippen LogP contribution in [0.25, 0.3) is 10.8 Å². The SMILES string of the molecule is C/C=C/COc1cc(F)c2c(F)c([C@@H]3CC[C@@H]4CC(CCCCCC)CCC4C3)ccc2c1. The van der Waals surface area contributed by atoms with E-state index in [1.54, 1.807) is 6.07 Å². The van der Waals surface area contributed by atoms with Gasteiger partial charge in [0.2, 0.25) is 0 Å². The van der Waals surface area contributed by atoms with Gasteiger partial charge in [0, 0.05) is 6.07 Å². The summed E-state index contributed by atoms with van der Waals surface area (Å²) >= 11 is 0. The van der Waals surface area contributed by atoms with E-state index < -0.39 is 5.82 Å². The van der Waals surface area contributed by atoms with Crippen molar-refractivity contribution in [1.82, 2.24) is 0 Å². The van der Waals surface area contributed by atoms with Crippen LogP contribution >= 0.6 is 0 Å². The number of hydrogen-bond donors (Lipinski definition) is 0.